The molecule has 0 N–H and O–H groups in total. The lowest BCUT2D eigenvalue weighted by Crippen LogP contribution is -2.44. The zero-order chi connectivity index (χ0) is 19.1. The average molecular weight is 365 g/mol. The van der Waals surface area contributed by atoms with Crippen molar-refractivity contribution < 1.29 is 19.1 Å². The Hall–Kier alpha value is -2.92. The van der Waals surface area contributed by atoms with Gasteiger partial charge in [-0.05, 0) is 24.1 Å². The molecular weight excluding hydrogens is 342 g/mol. The average Bonchev–Trinajstić information content (AvgIpc) is 2.72. The second-order valence-electron chi connectivity index (χ2n) is 6.36. The number of carbonyl (C=O) groups excluding carboxylic acids is 2. The Morgan fingerprint density at radius 2 is 1.70 bits per heavy atom. The number of morpholine rings is 1. The molecule has 0 aromatic heterocycles. The zero-order valence-electron chi connectivity index (χ0n) is 15.3. The van der Waals surface area contributed by atoms with Gasteiger partial charge in [-0.3, -0.25) is 4.79 Å². The molecule has 0 unspecified atom stereocenters. The van der Waals surface area contributed by atoms with Crippen LogP contribution < -0.4 is 0 Å². The van der Waals surface area contributed by atoms with Gasteiger partial charge < -0.3 is 14.4 Å². The number of aryl methyl sites for hydroxylation is 1. The van der Waals surface area contributed by atoms with Crippen molar-refractivity contribution in [1.82, 2.24) is 4.90 Å². The van der Waals surface area contributed by atoms with Gasteiger partial charge in [-0.25, -0.2) is 4.79 Å². The van der Waals surface area contributed by atoms with Gasteiger partial charge >= 0.3 is 5.97 Å². The van der Waals surface area contributed by atoms with Gasteiger partial charge in [-0.1, -0.05) is 54.6 Å². The molecule has 0 bridgehead atoms. The van der Waals surface area contributed by atoms with E-state index in [4.69, 9.17) is 9.47 Å². The smallest absolute Gasteiger partial charge is 0.331 e. The van der Waals surface area contributed by atoms with Crippen molar-refractivity contribution in [2.75, 3.05) is 26.3 Å². The quantitative estimate of drug-likeness (QED) is 0.603. The van der Waals surface area contributed by atoms with E-state index in [1.165, 1.54) is 6.08 Å². The Morgan fingerprint density at radius 3 is 2.41 bits per heavy atom. The van der Waals surface area contributed by atoms with Crippen LogP contribution in [0.3, 0.4) is 0 Å². The minimum atomic E-state index is -0.960. The highest BCUT2D eigenvalue weighted by Gasteiger charge is 2.29. The first kappa shape index (κ1) is 18.9. The third-order valence-corrected chi connectivity index (χ3v) is 4.47. The molecule has 27 heavy (non-hydrogen) atoms. The molecule has 1 atom stereocenters. The molecule has 1 aliphatic rings. The number of benzene rings is 2. The number of hydrogen-bond acceptors (Lipinski definition) is 4. The maximum absolute atomic E-state index is 12.9. The molecule has 1 saturated heterocycles. The highest BCUT2D eigenvalue weighted by molar-refractivity contribution is 5.91. The number of amides is 1. The molecule has 1 heterocycles. The fraction of sp³-hybridized carbons (Fsp3) is 0.273. The maximum atomic E-state index is 12.9. The summed E-state index contributed by atoms with van der Waals surface area (Å²) in [6.07, 6.45) is 2.11. The van der Waals surface area contributed by atoms with Crippen LogP contribution in [0.5, 0.6) is 0 Å². The second kappa shape index (κ2) is 9.14. The number of hydrogen-bond donors (Lipinski definition) is 0. The lowest BCUT2D eigenvalue weighted by atomic mass is 10.1. The predicted octanol–water partition coefficient (Wildman–Crippen LogP) is 3.15. The van der Waals surface area contributed by atoms with Crippen molar-refractivity contribution in [1.29, 1.82) is 0 Å². The monoisotopic (exact) mass is 365 g/mol. The molecule has 140 valence electrons. The highest BCUT2D eigenvalue weighted by atomic mass is 16.5. The van der Waals surface area contributed by atoms with Crippen LogP contribution in [-0.2, 0) is 19.1 Å². The summed E-state index contributed by atoms with van der Waals surface area (Å²) in [6.45, 7) is 3.96. The van der Waals surface area contributed by atoms with Gasteiger partial charge in [0.1, 0.15) is 0 Å². The van der Waals surface area contributed by atoms with Gasteiger partial charge in [0.2, 0.25) is 6.10 Å². The van der Waals surface area contributed by atoms with Crippen molar-refractivity contribution in [2.45, 2.75) is 13.0 Å². The topological polar surface area (TPSA) is 55.8 Å². The van der Waals surface area contributed by atoms with Crippen LogP contribution in [0.4, 0.5) is 0 Å². The van der Waals surface area contributed by atoms with Gasteiger partial charge in [-0.15, -0.1) is 0 Å². The molecular formula is C22H23NO4. The predicted molar refractivity (Wildman–Crippen MR) is 103 cm³/mol. The molecule has 1 amide bonds. The van der Waals surface area contributed by atoms with Crippen LogP contribution in [0.2, 0.25) is 0 Å². The Bertz CT molecular complexity index is 810. The van der Waals surface area contributed by atoms with Crippen LogP contribution in [0.15, 0.2) is 60.7 Å². The SMILES string of the molecule is Cc1ccccc1/C=C/C(=O)O[C@H](C(=O)N1CCOCC1)c1ccccc1. The summed E-state index contributed by atoms with van der Waals surface area (Å²) in [4.78, 5) is 27.0. The van der Waals surface area contributed by atoms with Crippen LogP contribution in [-0.4, -0.2) is 43.1 Å². The van der Waals surface area contributed by atoms with Crippen LogP contribution in [0, 0.1) is 6.92 Å². The third kappa shape index (κ3) is 5.05. The molecule has 0 radical (unpaired) electrons. The maximum Gasteiger partial charge on any atom is 0.331 e. The summed E-state index contributed by atoms with van der Waals surface area (Å²) >= 11 is 0. The third-order valence-electron chi connectivity index (χ3n) is 4.47. The first-order valence-electron chi connectivity index (χ1n) is 9.01. The summed E-state index contributed by atoms with van der Waals surface area (Å²) in [5.41, 5.74) is 2.66. The lowest BCUT2D eigenvalue weighted by molar-refractivity contribution is -0.159. The van der Waals surface area contributed by atoms with Crippen LogP contribution >= 0.6 is 0 Å². The molecule has 5 heteroatoms. The van der Waals surface area contributed by atoms with Gasteiger partial charge in [-0.2, -0.15) is 0 Å². The van der Waals surface area contributed by atoms with Crippen LogP contribution in [0.1, 0.15) is 22.8 Å². The molecule has 5 nitrogen and oxygen atoms in total. The van der Waals surface area contributed by atoms with Crippen molar-refractivity contribution in [3.05, 3.63) is 77.4 Å². The normalized spacial score (nSPS) is 15.5. The first-order valence-corrected chi connectivity index (χ1v) is 9.01. The van der Waals surface area contributed by atoms with E-state index in [0.717, 1.165) is 11.1 Å². The molecule has 2 aromatic carbocycles. The van der Waals surface area contributed by atoms with E-state index in [-0.39, 0.29) is 5.91 Å². The lowest BCUT2D eigenvalue weighted by Gasteiger charge is -2.30. The Labute approximate surface area is 159 Å². The highest BCUT2D eigenvalue weighted by Crippen LogP contribution is 2.21. The van der Waals surface area contributed by atoms with Crippen molar-refractivity contribution >= 4 is 18.0 Å². The Balaban J connectivity index is 1.75. The van der Waals surface area contributed by atoms with Crippen molar-refractivity contribution in [3.63, 3.8) is 0 Å². The summed E-state index contributed by atoms with van der Waals surface area (Å²) in [7, 11) is 0. The van der Waals surface area contributed by atoms with Gasteiger partial charge in [0, 0.05) is 24.7 Å². The van der Waals surface area contributed by atoms with E-state index in [1.807, 2.05) is 49.4 Å². The van der Waals surface area contributed by atoms with Gasteiger partial charge in [0.05, 0.1) is 13.2 Å². The summed E-state index contributed by atoms with van der Waals surface area (Å²) in [6, 6.07) is 16.8. The van der Waals surface area contributed by atoms with E-state index >= 15 is 0 Å². The van der Waals surface area contributed by atoms with Crippen molar-refractivity contribution in [2.24, 2.45) is 0 Å². The van der Waals surface area contributed by atoms with E-state index in [2.05, 4.69) is 0 Å². The number of carbonyl (C=O) groups is 2. The number of nitrogens with zero attached hydrogens (tertiary/aromatic N) is 1. The standard InChI is InChI=1S/C22H23NO4/c1-17-7-5-6-8-18(17)11-12-20(24)27-21(19-9-3-2-4-10-19)22(25)23-13-15-26-16-14-23/h2-12,21H,13-16H2,1H3/b12-11+/t21-/m0/s1. The molecule has 1 aliphatic heterocycles. The minimum absolute atomic E-state index is 0.220. The summed E-state index contributed by atoms with van der Waals surface area (Å²) in [5.74, 6) is -0.768. The second-order valence-corrected chi connectivity index (χ2v) is 6.36. The Morgan fingerprint density at radius 1 is 1.04 bits per heavy atom. The summed E-state index contributed by atoms with van der Waals surface area (Å²) < 4.78 is 10.9. The van der Waals surface area contributed by atoms with E-state index in [9.17, 15) is 9.59 Å². The molecule has 2 aromatic rings. The molecule has 0 aliphatic carbocycles. The van der Waals surface area contributed by atoms with Crippen LogP contribution in [0.25, 0.3) is 6.08 Å². The van der Waals surface area contributed by atoms with Gasteiger partial charge in [0.25, 0.3) is 5.91 Å². The molecule has 0 spiro atoms. The zero-order valence-corrected chi connectivity index (χ0v) is 15.3. The number of rotatable bonds is 5. The molecule has 0 saturated carbocycles. The fourth-order valence-corrected chi connectivity index (χ4v) is 2.93. The van der Waals surface area contributed by atoms with Crippen molar-refractivity contribution in [3.8, 4) is 0 Å². The fourth-order valence-electron chi connectivity index (χ4n) is 2.93. The molecule has 1 fully saturated rings. The van der Waals surface area contributed by atoms with E-state index in [1.54, 1.807) is 23.1 Å². The van der Waals surface area contributed by atoms with Gasteiger partial charge in [0.15, 0.2) is 0 Å². The molecule has 3 rings (SSSR count). The first-order chi connectivity index (χ1) is 13.1. The van der Waals surface area contributed by atoms with E-state index < -0.39 is 12.1 Å². The summed E-state index contributed by atoms with van der Waals surface area (Å²) in [5, 5.41) is 0. The largest absolute Gasteiger partial charge is 0.444 e. The minimum Gasteiger partial charge on any atom is -0.444 e. The number of esters is 1. The Kier molecular flexibility index (Phi) is 6.39. The van der Waals surface area contributed by atoms with E-state index in [0.29, 0.717) is 31.9 Å². The number of ether oxygens (including phenoxy) is 2.